The highest BCUT2D eigenvalue weighted by Gasteiger charge is 2.28. The van der Waals surface area contributed by atoms with E-state index < -0.39 is 6.63 Å². The minimum atomic E-state index is -0.869. The standard InChI is InChI=1S/C13H9BrClN2PS/c14-11-8-6-10(7-9-11)13-16-17(18(15)19-13)12-4-2-1-3-5-12/h1-9H. The average Bonchev–Trinajstić information content (AvgIpc) is 2.83. The van der Waals surface area contributed by atoms with Crippen molar-refractivity contribution in [2.24, 2.45) is 5.10 Å². The monoisotopic (exact) mass is 370 g/mol. The van der Waals surface area contributed by atoms with E-state index in [0.29, 0.717) is 0 Å². The van der Waals surface area contributed by atoms with Gasteiger partial charge in [0, 0.05) is 10.0 Å². The van der Waals surface area contributed by atoms with Crippen molar-refractivity contribution >= 4 is 55.9 Å². The van der Waals surface area contributed by atoms with Gasteiger partial charge in [0.15, 0.2) is 6.63 Å². The summed E-state index contributed by atoms with van der Waals surface area (Å²) >= 11 is 11.5. The van der Waals surface area contributed by atoms with Crippen LogP contribution in [0.25, 0.3) is 0 Å². The van der Waals surface area contributed by atoms with Gasteiger partial charge in [-0.2, -0.15) is 5.10 Å². The maximum Gasteiger partial charge on any atom is 0.179 e. The van der Waals surface area contributed by atoms with Crippen molar-refractivity contribution in [2.45, 2.75) is 0 Å². The van der Waals surface area contributed by atoms with Crippen LogP contribution >= 0.6 is 45.2 Å². The van der Waals surface area contributed by atoms with E-state index in [1.54, 1.807) is 11.4 Å². The minimum Gasteiger partial charge on any atom is -0.218 e. The van der Waals surface area contributed by atoms with Gasteiger partial charge in [-0.25, -0.2) is 4.78 Å². The van der Waals surface area contributed by atoms with E-state index in [0.717, 1.165) is 20.8 Å². The maximum absolute atomic E-state index is 6.42. The molecule has 3 rings (SSSR count). The number of para-hydroxylation sites is 1. The van der Waals surface area contributed by atoms with Crippen LogP contribution in [0.5, 0.6) is 0 Å². The van der Waals surface area contributed by atoms with Crippen LogP contribution in [0.2, 0.25) is 0 Å². The third-order valence-electron chi connectivity index (χ3n) is 2.57. The Morgan fingerprint density at radius 3 is 2.42 bits per heavy atom. The van der Waals surface area contributed by atoms with Gasteiger partial charge in [-0.15, -0.1) is 0 Å². The predicted molar refractivity (Wildman–Crippen MR) is 90.0 cm³/mol. The highest BCUT2D eigenvalue weighted by Crippen LogP contribution is 2.64. The molecule has 0 radical (unpaired) electrons. The van der Waals surface area contributed by atoms with E-state index in [2.05, 4.69) is 21.0 Å². The molecule has 19 heavy (non-hydrogen) atoms. The Balaban J connectivity index is 1.91. The fraction of sp³-hybridized carbons (Fsp3) is 0. The van der Waals surface area contributed by atoms with Crippen LogP contribution in [0.3, 0.4) is 0 Å². The number of anilines is 1. The van der Waals surface area contributed by atoms with Crippen molar-refractivity contribution in [3.8, 4) is 0 Å². The van der Waals surface area contributed by atoms with Crippen molar-refractivity contribution in [3.05, 3.63) is 64.6 Å². The molecule has 2 aromatic carbocycles. The Hall–Kier alpha value is -0.540. The van der Waals surface area contributed by atoms with Crippen molar-refractivity contribution in [3.63, 3.8) is 0 Å². The summed E-state index contributed by atoms with van der Waals surface area (Å²) < 4.78 is 2.96. The second-order valence-electron chi connectivity index (χ2n) is 3.85. The highest BCUT2D eigenvalue weighted by atomic mass is 79.9. The van der Waals surface area contributed by atoms with Crippen molar-refractivity contribution in [2.75, 3.05) is 4.78 Å². The molecule has 96 valence electrons. The fourth-order valence-corrected chi connectivity index (χ4v) is 5.47. The minimum absolute atomic E-state index is 0.869. The quantitative estimate of drug-likeness (QED) is 0.617. The number of hydrogen-bond donors (Lipinski definition) is 0. The molecule has 0 saturated carbocycles. The summed E-state index contributed by atoms with van der Waals surface area (Å²) in [4.78, 5) is 0. The number of hydrazone groups is 1. The van der Waals surface area contributed by atoms with Crippen molar-refractivity contribution < 1.29 is 0 Å². The average molecular weight is 372 g/mol. The molecule has 1 aliphatic heterocycles. The van der Waals surface area contributed by atoms with Gasteiger partial charge >= 0.3 is 0 Å². The fourth-order valence-electron chi connectivity index (χ4n) is 1.66. The topological polar surface area (TPSA) is 15.6 Å². The van der Waals surface area contributed by atoms with Gasteiger partial charge < -0.3 is 0 Å². The molecular formula is C13H9BrClN2PS. The summed E-state index contributed by atoms with van der Waals surface area (Å²) in [5.41, 5.74) is 2.13. The second kappa shape index (κ2) is 5.84. The van der Waals surface area contributed by atoms with Crippen LogP contribution in [-0.4, -0.2) is 5.04 Å². The zero-order chi connectivity index (χ0) is 13.2. The molecule has 2 aromatic rings. The van der Waals surface area contributed by atoms with Gasteiger partial charge in [-0.05, 0) is 35.6 Å². The largest absolute Gasteiger partial charge is 0.218 e. The summed E-state index contributed by atoms with van der Waals surface area (Å²) in [6.45, 7) is -0.869. The summed E-state index contributed by atoms with van der Waals surface area (Å²) in [6.07, 6.45) is 0. The van der Waals surface area contributed by atoms with Crippen LogP contribution < -0.4 is 4.78 Å². The number of rotatable bonds is 2. The predicted octanol–water partition coefficient (Wildman–Crippen LogP) is 5.83. The molecule has 0 bridgehead atoms. The molecule has 1 aliphatic rings. The Morgan fingerprint density at radius 2 is 1.74 bits per heavy atom. The first kappa shape index (κ1) is 13.4. The molecule has 0 aliphatic carbocycles. The first-order chi connectivity index (χ1) is 9.24. The summed E-state index contributed by atoms with van der Waals surface area (Å²) in [5, 5.41) is 5.60. The first-order valence-electron chi connectivity index (χ1n) is 5.57. The van der Waals surface area contributed by atoms with E-state index >= 15 is 0 Å². The summed E-state index contributed by atoms with van der Waals surface area (Å²) in [6, 6.07) is 18.1. The number of halogens is 2. The van der Waals surface area contributed by atoms with Gasteiger partial charge in [0.1, 0.15) is 5.04 Å². The van der Waals surface area contributed by atoms with Gasteiger partial charge in [-0.1, -0.05) is 57.5 Å². The molecule has 0 amide bonds. The lowest BCUT2D eigenvalue weighted by atomic mass is 10.2. The Bertz CT molecular complexity index is 606. The van der Waals surface area contributed by atoms with E-state index in [-0.39, 0.29) is 0 Å². The Labute approximate surface area is 130 Å². The van der Waals surface area contributed by atoms with Crippen molar-refractivity contribution in [1.82, 2.24) is 0 Å². The lowest BCUT2D eigenvalue weighted by Gasteiger charge is -2.15. The number of hydrogen-bond acceptors (Lipinski definition) is 3. The normalized spacial score (nSPS) is 18.5. The second-order valence-corrected chi connectivity index (χ2v) is 9.32. The molecule has 1 heterocycles. The third-order valence-corrected chi connectivity index (χ3v) is 6.85. The summed E-state index contributed by atoms with van der Waals surface area (Å²) in [7, 11) is 0. The molecular weight excluding hydrogens is 363 g/mol. The van der Waals surface area contributed by atoms with Crippen LogP contribution in [-0.2, 0) is 0 Å². The lowest BCUT2D eigenvalue weighted by molar-refractivity contribution is 1.21. The van der Waals surface area contributed by atoms with Gasteiger partial charge in [-0.3, -0.25) is 0 Å². The van der Waals surface area contributed by atoms with Crippen LogP contribution in [0, 0.1) is 0 Å². The maximum atomic E-state index is 6.42. The molecule has 1 atom stereocenters. The molecule has 1 unspecified atom stereocenters. The molecule has 0 N–H and O–H groups in total. The van der Waals surface area contributed by atoms with E-state index in [1.807, 2.05) is 59.4 Å². The molecule has 0 saturated heterocycles. The third kappa shape index (κ3) is 2.97. The molecule has 0 aromatic heterocycles. The van der Waals surface area contributed by atoms with Gasteiger partial charge in [0.25, 0.3) is 0 Å². The first-order valence-corrected chi connectivity index (χ1v) is 9.99. The molecule has 0 spiro atoms. The van der Waals surface area contributed by atoms with E-state index in [4.69, 9.17) is 11.2 Å². The highest BCUT2D eigenvalue weighted by molar-refractivity contribution is 9.10. The van der Waals surface area contributed by atoms with Gasteiger partial charge in [0.2, 0.25) is 0 Å². The van der Waals surface area contributed by atoms with Crippen molar-refractivity contribution in [1.29, 1.82) is 0 Å². The van der Waals surface area contributed by atoms with E-state index in [1.165, 1.54) is 0 Å². The number of nitrogens with zero attached hydrogens (tertiary/aromatic N) is 2. The number of benzene rings is 2. The summed E-state index contributed by atoms with van der Waals surface area (Å²) in [5.74, 6) is 0. The van der Waals surface area contributed by atoms with Crippen LogP contribution in [0.4, 0.5) is 5.69 Å². The smallest absolute Gasteiger partial charge is 0.179 e. The molecule has 0 fully saturated rings. The Kier molecular flexibility index (Phi) is 4.13. The zero-order valence-electron chi connectivity index (χ0n) is 9.70. The lowest BCUT2D eigenvalue weighted by Crippen LogP contribution is -2.01. The SMILES string of the molecule is ClP1SC(c2ccc(Br)cc2)=NN1c1ccccc1. The molecule has 2 nitrogen and oxygen atoms in total. The Morgan fingerprint density at radius 1 is 1.05 bits per heavy atom. The van der Waals surface area contributed by atoms with Crippen LogP contribution in [0.1, 0.15) is 5.56 Å². The van der Waals surface area contributed by atoms with Gasteiger partial charge in [0.05, 0.1) is 5.69 Å². The zero-order valence-corrected chi connectivity index (χ0v) is 13.8. The molecule has 6 heteroatoms. The van der Waals surface area contributed by atoms with Crippen LogP contribution in [0.15, 0.2) is 64.2 Å². The van der Waals surface area contributed by atoms with E-state index in [9.17, 15) is 0 Å².